The molecule has 0 unspecified atom stereocenters. The Hall–Kier alpha value is -1.94. The van der Waals surface area contributed by atoms with Gasteiger partial charge in [-0.3, -0.25) is 0 Å². The van der Waals surface area contributed by atoms with Crippen molar-refractivity contribution in [1.29, 1.82) is 0 Å². The summed E-state index contributed by atoms with van der Waals surface area (Å²) in [6.45, 7) is 7.54. The molecular formula is C16H19FN2O. The quantitative estimate of drug-likeness (QED) is 0.902. The third-order valence-corrected chi connectivity index (χ3v) is 3.00. The number of aryl methyl sites for hydroxylation is 2. The molecule has 1 aromatic heterocycles. The maximum absolute atomic E-state index is 13.2. The van der Waals surface area contributed by atoms with Gasteiger partial charge in [0.1, 0.15) is 11.6 Å². The molecule has 0 bridgehead atoms. The van der Waals surface area contributed by atoms with E-state index in [0.717, 1.165) is 23.4 Å². The maximum Gasteiger partial charge on any atom is 0.224 e. The third-order valence-electron chi connectivity index (χ3n) is 3.00. The average Bonchev–Trinajstić information content (AvgIpc) is 2.37. The number of nitrogens with one attached hydrogen (secondary N) is 1. The van der Waals surface area contributed by atoms with Crippen LogP contribution >= 0.6 is 0 Å². The first-order valence-electron chi connectivity index (χ1n) is 6.71. The van der Waals surface area contributed by atoms with Crippen LogP contribution < -0.4 is 10.1 Å². The van der Waals surface area contributed by atoms with Gasteiger partial charge in [0, 0.05) is 23.9 Å². The van der Waals surface area contributed by atoms with Crippen molar-refractivity contribution >= 4 is 0 Å². The van der Waals surface area contributed by atoms with Gasteiger partial charge in [-0.1, -0.05) is 13.0 Å². The van der Waals surface area contributed by atoms with Crippen molar-refractivity contribution in [2.45, 2.75) is 27.3 Å². The molecule has 20 heavy (non-hydrogen) atoms. The van der Waals surface area contributed by atoms with E-state index in [1.807, 2.05) is 26.8 Å². The highest BCUT2D eigenvalue weighted by molar-refractivity contribution is 5.39. The minimum Gasteiger partial charge on any atom is -0.439 e. The lowest BCUT2D eigenvalue weighted by molar-refractivity contribution is 0.447. The molecule has 0 fully saturated rings. The molecule has 0 aliphatic rings. The maximum atomic E-state index is 13.2. The molecule has 106 valence electrons. The zero-order valence-electron chi connectivity index (χ0n) is 12.0. The monoisotopic (exact) mass is 274 g/mol. The molecule has 0 saturated heterocycles. The van der Waals surface area contributed by atoms with Gasteiger partial charge in [-0.15, -0.1) is 0 Å². The molecule has 0 aliphatic heterocycles. The first-order chi connectivity index (χ1) is 9.60. The van der Waals surface area contributed by atoms with Gasteiger partial charge in [-0.2, -0.15) is 0 Å². The predicted octanol–water partition coefficient (Wildman–Crippen LogP) is 3.74. The smallest absolute Gasteiger partial charge is 0.224 e. The summed E-state index contributed by atoms with van der Waals surface area (Å²) in [5.74, 6) is 0.675. The van der Waals surface area contributed by atoms with Crippen molar-refractivity contribution in [2.24, 2.45) is 0 Å². The van der Waals surface area contributed by atoms with Crippen LogP contribution in [0.25, 0.3) is 0 Å². The number of hydrogen-bond acceptors (Lipinski definition) is 3. The normalized spacial score (nSPS) is 10.6. The van der Waals surface area contributed by atoms with Crippen molar-refractivity contribution in [1.82, 2.24) is 10.3 Å². The van der Waals surface area contributed by atoms with Gasteiger partial charge >= 0.3 is 0 Å². The number of halogens is 1. The molecule has 0 spiro atoms. The van der Waals surface area contributed by atoms with Crippen LogP contribution in [0.1, 0.15) is 23.7 Å². The minimum atomic E-state index is -0.319. The fraction of sp³-hybridized carbons (Fsp3) is 0.312. The van der Waals surface area contributed by atoms with Crippen molar-refractivity contribution in [2.75, 3.05) is 6.54 Å². The van der Waals surface area contributed by atoms with Gasteiger partial charge in [0.25, 0.3) is 0 Å². The summed E-state index contributed by atoms with van der Waals surface area (Å²) in [7, 11) is 0. The zero-order valence-corrected chi connectivity index (χ0v) is 12.0. The Labute approximate surface area is 118 Å². The molecule has 1 N–H and O–H groups in total. The fourth-order valence-corrected chi connectivity index (χ4v) is 2.02. The van der Waals surface area contributed by atoms with Gasteiger partial charge in [0.2, 0.25) is 5.88 Å². The highest BCUT2D eigenvalue weighted by Crippen LogP contribution is 2.26. The second kappa shape index (κ2) is 6.48. The van der Waals surface area contributed by atoms with Crippen molar-refractivity contribution in [3.8, 4) is 11.6 Å². The SMILES string of the molecule is CCNCc1c(C)cc(C)nc1Oc1cccc(F)c1. The van der Waals surface area contributed by atoms with E-state index in [1.165, 1.54) is 12.1 Å². The van der Waals surface area contributed by atoms with E-state index < -0.39 is 0 Å². The van der Waals surface area contributed by atoms with Crippen LogP contribution in [0.2, 0.25) is 0 Å². The number of benzene rings is 1. The highest BCUT2D eigenvalue weighted by atomic mass is 19.1. The molecule has 0 radical (unpaired) electrons. The second-order valence-electron chi connectivity index (χ2n) is 4.70. The van der Waals surface area contributed by atoms with Gasteiger partial charge in [0.15, 0.2) is 0 Å². The van der Waals surface area contributed by atoms with Gasteiger partial charge in [0.05, 0.1) is 0 Å². The molecule has 3 nitrogen and oxygen atoms in total. The first kappa shape index (κ1) is 14.5. The molecule has 4 heteroatoms. The average molecular weight is 274 g/mol. The van der Waals surface area contributed by atoms with E-state index in [4.69, 9.17) is 4.74 Å². The van der Waals surface area contributed by atoms with E-state index in [2.05, 4.69) is 10.3 Å². The summed E-state index contributed by atoms with van der Waals surface area (Å²) in [6.07, 6.45) is 0. The largest absolute Gasteiger partial charge is 0.439 e. The van der Waals surface area contributed by atoms with Gasteiger partial charge < -0.3 is 10.1 Å². The van der Waals surface area contributed by atoms with E-state index in [1.54, 1.807) is 12.1 Å². The number of rotatable bonds is 5. The Morgan fingerprint density at radius 2 is 2.05 bits per heavy atom. The summed E-state index contributed by atoms with van der Waals surface area (Å²) in [6, 6.07) is 8.11. The minimum absolute atomic E-state index is 0.319. The van der Waals surface area contributed by atoms with E-state index in [0.29, 0.717) is 18.2 Å². The molecule has 0 atom stereocenters. The second-order valence-corrected chi connectivity index (χ2v) is 4.70. The summed E-state index contributed by atoms with van der Waals surface area (Å²) >= 11 is 0. The molecule has 0 saturated carbocycles. The summed E-state index contributed by atoms with van der Waals surface area (Å²) in [4.78, 5) is 4.43. The predicted molar refractivity (Wildman–Crippen MR) is 77.6 cm³/mol. The fourth-order valence-electron chi connectivity index (χ4n) is 2.02. The van der Waals surface area contributed by atoms with Crippen LogP contribution in [0.3, 0.4) is 0 Å². The van der Waals surface area contributed by atoms with E-state index >= 15 is 0 Å². The Balaban J connectivity index is 2.33. The third kappa shape index (κ3) is 3.54. The van der Waals surface area contributed by atoms with Crippen LogP contribution in [-0.4, -0.2) is 11.5 Å². The molecule has 1 aromatic carbocycles. The molecule has 2 rings (SSSR count). The van der Waals surface area contributed by atoms with Crippen LogP contribution in [0.15, 0.2) is 30.3 Å². The number of ether oxygens (including phenoxy) is 1. The summed E-state index contributed by atoms with van der Waals surface area (Å²) in [5, 5.41) is 3.27. The van der Waals surface area contributed by atoms with E-state index in [-0.39, 0.29) is 5.82 Å². The topological polar surface area (TPSA) is 34.2 Å². The zero-order chi connectivity index (χ0) is 14.5. The Bertz CT molecular complexity index is 599. The Kier molecular flexibility index (Phi) is 4.69. The van der Waals surface area contributed by atoms with Crippen LogP contribution in [-0.2, 0) is 6.54 Å². The van der Waals surface area contributed by atoms with Crippen LogP contribution in [0.5, 0.6) is 11.6 Å². The number of nitrogens with zero attached hydrogens (tertiary/aromatic N) is 1. The lowest BCUT2D eigenvalue weighted by Crippen LogP contribution is -2.14. The number of pyridine rings is 1. The lowest BCUT2D eigenvalue weighted by Gasteiger charge is -2.14. The summed E-state index contributed by atoms with van der Waals surface area (Å²) in [5.41, 5.74) is 3.00. The highest BCUT2D eigenvalue weighted by Gasteiger charge is 2.11. The number of hydrogen-bond donors (Lipinski definition) is 1. The van der Waals surface area contributed by atoms with Crippen molar-refractivity contribution in [3.05, 3.63) is 53.0 Å². The molecular weight excluding hydrogens is 255 g/mol. The van der Waals surface area contributed by atoms with Crippen LogP contribution in [0, 0.1) is 19.7 Å². The molecule has 1 heterocycles. The van der Waals surface area contributed by atoms with Gasteiger partial charge in [-0.25, -0.2) is 9.37 Å². The number of aromatic nitrogens is 1. The van der Waals surface area contributed by atoms with E-state index in [9.17, 15) is 4.39 Å². The van der Waals surface area contributed by atoms with Crippen molar-refractivity contribution in [3.63, 3.8) is 0 Å². The lowest BCUT2D eigenvalue weighted by atomic mass is 10.1. The van der Waals surface area contributed by atoms with Crippen LogP contribution in [0.4, 0.5) is 4.39 Å². The van der Waals surface area contributed by atoms with Gasteiger partial charge in [-0.05, 0) is 44.2 Å². The standard InChI is InChI=1S/C16H19FN2O/c1-4-18-10-15-11(2)8-12(3)19-16(15)20-14-7-5-6-13(17)9-14/h5-9,18H,4,10H2,1-3H3. The Morgan fingerprint density at radius 3 is 2.75 bits per heavy atom. The first-order valence-corrected chi connectivity index (χ1v) is 6.71. The molecule has 0 amide bonds. The molecule has 2 aromatic rings. The van der Waals surface area contributed by atoms with Crippen molar-refractivity contribution < 1.29 is 9.13 Å². The molecule has 0 aliphatic carbocycles. The Morgan fingerprint density at radius 1 is 1.25 bits per heavy atom. The summed E-state index contributed by atoms with van der Waals surface area (Å²) < 4.78 is 19.0.